The molecule has 0 aliphatic heterocycles. The molecule has 3 nitrogen and oxygen atoms in total. The van der Waals surface area contributed by atoms with E-state index in [1.54, 1.807) is 12.1 Å². The number of carbonyl (C=O) groups is 1. The van der Waals surface area contributed by atoms with E-state index in [-0.39, 0.29) is 11.9 Å². The van der Waals surface area contributed by atoms with E-state index < -0.39 is 0 Å². The van der Waals surface area contributed by atoms with Crippen molar-refractivity contribution in [3.8, 4) is 0 Å². The lowest BCUT2D eigenvalue weighted by Crippen LogP contribution is -2.26. The van der Waals surface area contributed by atoms with Crippen LogP contribution in [0, 0.1) is 0 Å². The van der Waals surface area contributed by atoms with E-state index in [1.807, 2.05) is 49.4 Å². The Morgan fingerprint density at radius 1 is 1.14 bits per heavy atom. The molecule has 0 bridgehead atoms. The van der Waals surface area contributed by atoms with E-state index in [0.717, 1.165) is 11.1 Å². The molecule has 1 unspecified atom stereocenters. The molecule has 0 heterocycles. The molecule has 21 heavy (non-hydrogen) atoms. The molecule has 0 aliphatic rings. The van der Waals surface area contributed by atoms with Gasteiger partial charge in [0.15, 0.2) is 0 Å². The van der Waals surface area contributed by atoms with Crippen LogP contribution in [0.5, 0.6) is 0 Å². The maximum Gasteiger partial charge on any atom is 0.251 e. The summed E-state index contributed by atoms with van der Waals surface area (Å²) in [5.41, 5.74) is 8.22. The standard InChI is InChI=1S/C17H18N2OS/c1-12(14-5-3-2-4-6-14)19-17(20)15-9-7-13(8-10-15)11-16(18)21/h2-10,12H,11H2,1H3,(H2,18,21)(H,19,20). The first-order valence-electron chi connectivity index (χ1n) is 6.79. The minimum atomic E-state index is -0.0896. The van der Waals surface area contributed by atoms with Gasteiger partial charge in [0.2, 0.25) is 0 Å². The lowest BCUT2D eigenvalue weighted by Gasteiger charge is -2.14. The number of rotatable bonds is 5. The third kappa shape index (κ3) is 4.39. The highest BCUT2D eigenvalue weighted by Crippen LogP contribution is 2.13. The fourth-order valence-corrected chi connectivity index (χ4v) is 2.25. The Kier molecular flexibility index (Phi) is 5.06. The van der Waals surface area contributed by atoms with Gasteiger partial charge in [-0.25, -0.2) is 0 Å². The molecule has 3 N–H and O–H groups in total. The molecule has 0 fully saturated rings. The van der Waals surface area contributed by atoms with Crippen LogP contribution in [0.3, 0.4) is 0 Å². The van der Waals surface area contributed by atoms with Crippen molar-refractivity contribution >= 4 is 23.1 Å². The Bertz CT molecular complexity index is 623. The van der Waals surface area contributed by atoms with Crippen molar-refractivity contribution in [2.45, 2.75) is 19.4 Å². The summed E-state index contributed by atoms with van der Waals surface area (Å²) in [7, 11) is 0. The molecule has 2 aromatic carbocycles. The zero-order valence-corrected chi connectivity index (χ0v) is 12.7. The monoisotopic (exact) mass is 298 g/mol. The Morgan fingerprint density at radius 2 is 1.76 bits per heavy atom. The van der Waals surface area contributed by atoms with Gasteiger partial charge in [-0.3, -0.25) is 4.79 Å². The number of benzene rings is 2. The molecule has 2 rings (SSSR count). The molecule has 1 amide bonds. The highest BCUT2D eigenvalue weighted by molar-refractivity contribution is 7.80. The van der Waals surface area contributed by atoms with Crippen LogP contribution in [0.2, 0.25) is 0 Å². The Balaban J connectivity index is 2.01. The summed E-state index contributed by atoms with van der Waals surface area (Å²) < 4.78 is 0. The molecule has 0 aliphatic carbocycles. The summed E-state index contributed by atoms with van der Waals surface area (Å²) in [5, 5.41) is 2.98. The number of hydrogen-bond acceptors (Lipinski definition) is 2. The van der Waals surface area contributed by atoms with E-state index in [4.69, 9.17) is 18.0 Å². The van der Waals surface area contributed by atoms with Crippen LogP contribution in [0.25, 0.3) is 0 Å². The van der Waals surface area contributed by atoms with Gasteiger partial charge in [-0.1, -0.05) is 54.7 Å². The fourth-order valence-electron chi connectivity index (χ4n) is 2.08. The van der Waals surface area contributed by atoms with Crippen molar-refractivity contribution in [2.75, 3.05) is 0 Å². The second kappa shape index (κ2) is 6.99. The smallest absolute Gasteiger partial charge is 0.251 e. The summed E-state index contributed by atoms with van der Waals surface area (Å²) in [6.45, 7) is 1.97. The van der Waals surface area contributed by atoms with Gasteiger partial charge in [0.1, 0.15) is 0 Å². The SMILES string of the molecule is CC(NC(=O)c1ccc(CC(N)=S)cc1)c1ccccc1. The topological polar surface area (TPSA) is 55.1 Å². The van der Waals surface area contributed by atoms with Gasteiger partial charge in [0, 0.05) is 12.0 Å². The van der Waals surface area contributed by atoms with Crippen molar-refractivity contribution in [3.05, 3.63) is 71.3 Å². The van der Waals surface area contributed by atoms with E-state index in [1.165, 1.54) is 0 Å². The molecular weight excluding hydrogens is 280 g/mol. The molecule has 0 radical (unpaired) electrons. The first-order chi connectivity index (χ1) is 10.1. The largest absolute Gasteiger partial charge is 0.393 e. The molecule has 0 aromatic heterocycles. The molecule has 0 saturated carbocycles. The number of hydrogen-bond donors (Lipinski definition) is 2. The Labute approximate surface area is 130 Å². The minimum Gasteiger partial charge on any atom is -0.393 e. The molecule has 4 heteroatoms. The number of nitrogens with two attached hydrogens (primary N) is 1. The lowest BCUT2D eigenvalue weighted by atomic mass is 10.1. The number of nitrogens with one attached hydrogen (secondary N) is 1. The Morgan fingerprint density at radius 3 is 2.33 bits per heavy atom. The van der Waals surface area contributed by atoms with Crippen molar-refractivity contribution in [2.24, 2.45) is 5.73 Å². The van der Waals surface area contributed by atoms with E-state index in [0.29, 0.717) is 17.0 Å². The van der Waals surface area contributed by atoms with Gasteiger partial charge in [-0.2, -0.15) is 0 Å². The summed E-state index contributed by atoms with van der Waals surface area (Å²) in [4.78, 5) is 12.6. The predicted molar refractivity (Wildman–Crippen MR) is 89.3 cm³/mol. The zero-order valence-electron chi connectivity index (χ0n) is 11.9. The van der Waals surface area contributed by atoms with Crippen LogP contribution in [0.1, 0.15) is 34.5 Å². The van der Waals surface area contributed by atoms with E-state index >= 15 is 0 Å². The van der Waals surface area contributed by atoms with Gasteiger partial charge in [-0.05, 0) is 30.2 Å². The van der Waals surface area contributed by atoms with Crippen LogP contribution >= 0.6 is 12.2 Å². The highest BCUT2D eigenvalue weighted by Gasteiger charge is 2.11. The van der Waals surface area contributed by atoms with E-state index in [9.17, 15) is 4.79 Å². The maximum absolute atomic E-state index is 12.2. The van der Waals surface area contributed by atoms with E-state index in [2.05, 4.69) is 5.32 Å². The van der Waals surface area contributed by atoms with Gasteiger partial charge in [0.25, 0.3) is 5.91 Å². The van der Waals surface area contributed by atoms with Gasteiger partial charge < -0.3 is 11.1 Å². The number of thiocarbonyl (C=S) groups is 1. The number of amides is 1. The second-order valence-corrected chi connectivity index (χ2v) is 5.47. The maximum atomic E-state index is 12.2. The van der Waals surface area contributed by atoms with Crippen molar-refractivity contribution in [3.63, 3.8) is 0 Å². The Hall–Kier alpha value is -2.20. The lowest BCUT2D eigenvalue weighted by molar-refractivity contribution is 0.0940. The van der Waals surface area contributed by atoms with Crippen LogP contribution in [-0.2, 0) is 6.42 Å². The summed E-state index contributed by atoms with van der Waals surface area (Å²) in [6, 6.07) is 17.2. The van der Waals surface area contributed by atoms with Crippen molar-refractivity contribution in [1.82, 2.24) is 5.32 Å². The average Bonchev–Trinajstić information content (AvgIpc) is 2.48. The normalized spacial score (nSPS) is 11.7. The van der Waals surface area contributed by atoms with Crippen molar-refractivity contribution < 1.29 is 4.79 Å². The first kappa shape index (κ1) is 15.2. The molecule has 0 spiro atoms. The molecule has 0 saturated heterocycles. The minimum absolute atomic E-state index is 0.0324. The third-order valence-electron chi connectivity index (χ3n) is 3.24. The fraction of sp³-hybridized carbons (Fsp3) is 0.176. The average molecular weight is 298 g/mol. The third-order valence-corrected chi connectivity index (χ3v) is 3.39. The van der Waals surface area contributed by atoms with Crippen LogP contribution in [0.4, 0.5) is 0 Å². The zero-order chi connectivity index (χ0) is 15.2. The predicted octanol–water partition coefficient (Wildman–Crippen LogP) is 3.01. The van der Waals surface area contributed by atoms with Gasteiger partial charge in [-0.15, -0.1) is 0 Å². The molecule has 2 aromatic rings. The highest BCUT2D eigenvalue weighted by atomic mass is 32.1. The summed E-state index contributed by atoms with van der Waals surface area (Å²) in [6.07, 6.45) is 0.553. The van der Waals surface area contributed by atoms with Crippen LogP contribution in [-0.4, -0.2) is 10.9 Å². The second-order valence-electron chi connectivity index (χ2n) is 4.95. The van der Waals surface area contributed by atoms with Crippen molar-refractivity contribution in [1.29, 1.82) is 0 Å². The van der Waals surface area contributed by atoms with Crippen LogP contribution < -0.4 is 11.1 Å². The first-order valence-corrected chi connectivity index (χ1v) is 7.20. The molecular formula is C17H18N2OS. The van der Waals surface area contributed by atoms with Gasteiger partial charge >= 0.3 is 0 Å². The quantitative estimate of drug-likeness (QED) is 0.834. The van der Waals surface area contributed by atoms with Gasteiger partial charge in [0.05, 0.1) is 11.0 Å². The van der Waals surface area contributed by atoms with Crippen LogP contribution in [0.15, 0.2) is 54.6 Å². The summed E-state index contributed by atoms with van der Waals surface area (Å²) >= 11 is 4.87. The molecule has 1 atom stereocenters. The number of carbonyl (C=O) groups excluding carboxylic acids is 1. The summed E-state index contributed by atoms with van der Waals surface area (Å²) in [5.74, 6) is -0.0896. The molecule has 108 valence electrons.